The minimum Gasteiger partial charge on any atom is -0.443 e. The molecule has 0 bridgehead atoms. The molecular formula is C15H22FN3O3. The quantitative estimate of drug-likeness (QED) is 0.893. The SMILES string of the molecule is CC(C)(C)OC(=O)N(CCN)C(=O)NCc1ccccc1F. The first kappa shape index (κ1) is 17.9. The summed E-state index contributed by atoms with van der Waals surface area (Å²) >= 11 is 0. The Morgan fingerprint density at radius 3 is 2.50 bits per heavy atom. The van der Waals surface area contributed by atoms with Crippen LogP contribution in [0.2, 0.25) is 0 Å². The molecule has 1 rings (SSSR count). The molecule has 0 radical (unpaired) electrons. The van der Waals surface area contributed by atoms with Crippen molar-refractivity contribution in [2.24, 2.45) is 5.73 Å². The Labute approximate surface area is 129 Å². The molecule has 3 amide bonds. The number of amides is 3. The highest BCUT2D eigenvalue weighted by Crippen LogP contribution is 2.10. The van der Waals surface area contributed by atoms with Gasteiger partial charge in [-0.1, -0.05) is 18.2 Å². The average molecular weight is 311 g/mol. The molecule has 0 saturated heterocycles. The zero-order valence-corrected chi connectivity index (χ0v) is 13.1. The fraction of sp³-hybridized carbons (Fsp3) is 0.467. The van der Waals surface area contributed by atoms with Gasteiger partial charge in [-0.05, 0) is 26.8 Å². The molecule has 0 aliphatic carbocycles. The summed E-state index contributed by atoms with van der Waals surface area (Å²) < 4.78 is 18.6. The van der Waals surface area contributed by atoms with E-state index in [1.807, 2.05) is 0 Å². The molecule has 0 heterocycles. The van der Waals surface area contributed by atoms with Crippen molar-refractivity contribution in [2.75, 3.05) is 13.1 Å². The fourth-order valence-corrected chi connectivity index (χ4v) is 1.63. The number of hydrogen-bond donors (Lipinski definition) is 2. The number of carbonyl (C=O) groups excluding carboxylic acids is 2. The number of imide groups is 1. The van der Waals surface area contributed by atoms with Gasteiger partial charge in [0.1, 0.15) is 11.4 Å². The number of rotatable bonds is 4. The van der Waals surface area contributed by atoms with Crippen LogP contribution in [-0.2, 0) is 11.3 Å². The van der Waals surface area contributed by atoms with E-state index in [2.05, 4.69) is 5.32 Å². The smallest absolute Gasteiger partial charge is 0.418 e. The first-order valence-corrected chi connectivity index (χ1v) is 6.96. The fourth-order valence-electron chi connectivity index (χ4n) is 1.63. The summed E-state index contributed by atoms with van der Waals surface area (Å²) in [4.78, 5) is 24.9. The van der Waals surface area contributed by atoms with E-state index in [1.54, 1.807) is 39.0 Å². The number of nitrogens with zero attached hydrogens (tertiary/aromatic N) is 1. The number of urea groups is 1. The Morgan fingerprint density at radius 2 is 1.95 bits per heavy atom. The van der Waals surface area contributed by atoms with Crippen molar-refractivity contribution in [1.82, 2.24) is 10.2 Å². The predicted molar refractivity (Wildman–Crippen MR) is 80.6 cm³/mol. The zero-order chi connectivity index (χ0) is 16.8. The molecule has 0 spiro atoms. The van der Waals surface area contributed by atoms with Crippen molar-refractivity contribution in [3.63, 3.8) is 0 Å². The van der Waals surface area contributed by atoms with Crippen molar-refractivity contribution in [1.29, 1.82) is 0 Å². The maximum absolute atomic E-state index is 13.5. The molecule has 0 fully saturated rings. The highest BCUT2D eigenvalue weighted by molar-refractivity contribution is 5.91. The van der Waals surface area contributed by atoms with Crippen LogP contribution < -0.4 is 11.1 Å². The van der Waals surface area contributed by atoms with Gasteiger partial charge in [0.05, 0.1) is 0 Å². The lowest BCUT2D eigenvalue weighted by Gasteiger charge is -2.26. The Morgan fingerprint density at radius 1 is 1.32 bits per heavy atom. The lowest BCUT2D eigenvalue weighted by atomic mass is 10.2. The van der Waals surface area contributed by atoms with E-state index in [1.165, 1.54) is 6.07 Å². The second-order valence-electron chi connectivity index (χ2n) is 5.67. The molecule has 1 aromatic carbocycles. The molecule has 22 heavy (non-hydrogen) atoms. The third kappa shape index (κ3) is 5.69. The van der Waals surface area contributed by atoms with E-state index >= 15 is 0 Å². The molecule has 0 aliphatic rings. The summed E-state index contributed by atoms with van der Waals surface area (Å²) in [5, 5.41) is 2.48. The number of ether oxygens (including phenoxy) is 1. The van der Waals surface area contributed by atoms with E-state index in [4.69, 9.17) is 10.5 Å². The maximum atomic E-state index is 13.5. The third-order valence-corrected chi connectivity index (χ3v) is 2.60. The third-order valence-electron chi connectivity index (χ3n) is 2.60. The molecule has 3 N–H and O–H groups in total. The Kier molecular flexibility index (Phi) is 6.30. The van der Waals surface area contributed by atoms with Gasteiger partial charge in [0, 0.05) is 25.2 Å². The van der Waals surface area contributed by atoms with Crippen LogP contribution >= 0.6 is 0 Å². The molecule has 122 valence electrons. The minimum atomic E-state index is -0.788. The van der Waals surface area contributed by atoms with E-state index < -0.39 is 23.5 Å². The molecule has 6 nitrogen and oxygen atoms in total. The predicted octanol–water partition coefficient (Wildman–Crippen LogP) is 2.23. The summed E-state index contributed by atoms with van der Waals surface area (Å²) in [7, 11) is 0. The second-order valence-corrected chi connectivity index (χ2v) is 5.67. The Balaban J connectivity index is 2.69. The second kappa shape index (κ2) is 7.74. The largest absolute Gasteiger partial charge is 0.443 e. The van der Waals surface area contributed by atoms with Crippen LogP contribution in [0.1, 0.15) is 26.3 Å². The van der Waals surface area contributed by atoms with Crippen molar-refractivity contribution >= 4 is 12.1 Å². The Bertz CT molecular complexity index is 529. The topological polar surface area (TPSA) is 84.7 Å². The van der Waals surface area contributed by atoms with Crippen LogP contribution in [0.5, 0.6) is 0 Å². The first-order valence-electron chi connectivity index (χ1n) is 6.96. The molecular weight excluding hydrogens is 289 g/mol. The minimum absolute atomic E-state index is 0.0119. The van der Waals surface area contributed by atoms with Crippen molar-refractivity contribution < 1.29 is 18.7 Å². The first-order chi connectivity index (χ1) is 10.2. The summed E-state index contributed by atoms with van der Waals surface area (Å²) in [5.74, 6) is -0.426. The monoisotopic (exact) mass is 311 g/mol. The molecule has 0 unspecified atom stereocenters. The lowest BCUT2D eigenvalue weighted by Crippen LogP contribution is -2.47. The van der Waals surface area contributed by atoms with Gasteiger partial charge in [-0.3, -0.25) is 0 Å². The van der Waals surface area contributed by atoms with Gasteiger partial charge in [0.2, 0.25) is 0 Å². The molecule has 7 heteroatoms. The molecule has 0 aromatic heterocycles. The van der Waals surface area contributed by atoms with Gasteiger partial charge >= 0.3 is 12.1 Å². The van der Waals surface area contributed by atoms with Gasteiger partial charge in [0.25, 0.3) is 0 Å². The van der Waals surface area contributed by atoms with E-state index in [0.29, 0.717) is 5.56 Å². The van der Waals surface area contributed by atoms with Crippen LogP contribution in [0, 0.1) is 5.82 Å². The van der Waals surface area contributed by atoms with Crippen molar-refractivity contribution in [3.05, 3.63) is 35.6 Å². The van der Waals surface area contributed by atoms with Crippen molar-refractivity contribution in [3.8, 4) is 0 Å². The summed E-state index contributed by atoms with van der Waals surface area (Å²) in [6.07, 6.45) is -0.788. The normalized spacial score (nSPS) is 11.0. The standard InChI is InChI=1S/C15H22FN3O3/c1-15(2,3)22-14(21)19(9-8-17)13(20)18-10-11-6-4-5-7-12(11)16/h4-7H,8-10,17H2,1-3H3,(H,18,20). The number of halogens is 1. The summed E-state index contributed by atoms with van der Waals surface area (Å²) in [6, 6.07) is 5.39. The lowest BCUT2D eigenvalue weighted by molar-refractivity contribution is 0.0325. The van der Waals surface area contributed by atoms with E-state index in [0.717, 1.165) is 4.90 Å². The summed E-state index contributed by atoms with van der Waals surface area (Å²) in [5.41, 5.74) is 5.01. The van der Waals surface area contributed by atoms with E-state index in [-0.39, 0.29) is 19.6 Å². The number of benzene rings is 1. The van der Waals surface area contributed by atoms with Gasteiger partial charge < -0.3 is 15.8 Å². The summed E-state index contributed by atoms with van der Waals surface area (Å²) in [6.45, 7) is 5.17. The zero-order valence-electron chi connectivity index (χ0n) is 13.1. The Hall–Kier alpha value is -2.15. The highest BCUT2D eigenvalue weighted by Gasteiger charge is 2.26. The average Bonchev–Trinajstić information content (AvgIpc) is 2.41. The van der Waals surface area contributed by atoms with Crippen LogP contribution in [0.3, 0.4) is 0 Å². The molecule has 0 atom stereocenters. The maximum Gasteiger partial charge on any atom is 0.418 e. The number of nitrogens with one attached hydrogen (secondary N) is 1. The van der Waals surface area contributed by atoms with Crippen LogP contribution in [0.4, 0.5) is 14.0 Å². The van der Waals surface area contributed by atoms with Gasteiger partial charge in [-0.15, -0.1) is 0 Å². The number of nitrogens with two attached hydrogens (primary N) is 1. The van der Waals surface area contributed by atoms with Gasteiger partial charge in [0.15, 0.2) is 0 Å². The molecule has 1 aromatic rings. The van der Waals surface area contributed by atoms with Crippen LogP contribution in [-0.4, -0.2) is 35.7 Å². The van der Waals surface area contributed by atoms with Crippen LogP contribution in [0.25, 0.3) is 0 Å². The van der Waals surface area contributed by atoms with Gasteiger partial charge in [-0.25, -0.2) is 18.9 Å². The number of hydrogen-bond acceptors (Lipinski definition) is 4. The van der Waals surface area contributed by atoms with Crippen LogP contribution in [0.15, 0.2) is 24.3 Å². The number of carbonyl (C=O) groups is 2. The van der Waals surface area contributed by atoms with Crippen molar-refractivity contribution in [2.45, 2.75) is 32.9 Å². The molecule has 0 aliphatic heterocycles. The highest BCUT2D eigenvalue weighted by atomic mass is 19.1. The molecule has 0 saturated carbocycles. The van der Waals surface area contributed by atoms with Gasteiger partial charge in [-0.2, -0.15) is 0 Å². The van der Waals surface area contributed by atoms with E-state index in [9.17, 15) is 14.0 Å².